The van der Waals surface area contributed by atoms with Crippen molar-refractivity contribution < 1.29 is 4.39 Å². The maximum Gasteiger partial charge on any atom is 0.125 e. The van der Waals surface area contributed by atoms with E-state index in [1.54, 1.807) is 0 Å². The first-order chi connectivity index (χ1) is 8.18. The first-order valence-corrected chi connectivity index (χ1v) is 6.20. The fourth-order valence-corrected chi connectivity index (χ4v) is 2.07. The van der Waals surface area contributed by atoms with Crippen LogP contribution in [-0.4, -0.2) is 30.3 Å². The van der Waals surface area contributed by atoms with Crippen molar-refractivity contribution >= 4 is 0 Å². The number of halogens is 1. The Bertz CT molecular complexity index is 344. The van der Waals surface area contributed by atoms with E-state index in [4.69, 9.17) is 0 Å². The van der Waals surface area contributed by atoms with Crippen LogP contribution in [0.3, 0.4) is 0 Å². The number of alkyl halides is 1. The van der Waals surface area contributed by atoms with Crippen molar-refractivity contribution in [2.45, 2.75) is 32.0 Å². The largest absolute Gasteiger partial charge is 0.316 e. The molecule has 1 aromatic heterocycles. The van der Waals surface area contributed by atoms with Crippen LogP contribution in [0.2, 0.25) is 0 Å². The van der Waals surface area contributed by atoms with Crippen molar-refractivity contribution in [3.8, 4) is 0 Å². The molecule has 2 rings (SSSR count). The minimum Gasteiger partial charge on any atom is -0.316 e. The summed E-state index contributed by atoms with van der Waals surface area (Å²) in [6.45, 7) is 4.63. The Kier molecular flexibility index (Phi) is 4.07. The van der Waals surface area contributed by atoms with Gasteiger partial charge in [0.15, 0.2) is 0 Å². The first kappa shape index (κ1) is 12.5. The van der Waals surface area contributed by atoms with E-state index in [1.165, 1.54) is 0 Å². The molecule has 0 amide bonds. The van der Waals surface area contributed by atoms with E-state index in [1.807, 2.05) is 25.3 Å². The van der Waals surface area contributed by atoms with Gasteiger partial charge in [-0.25, -0.2) is 4.39 Å². The van der Waals surface area contributed by atoms with E-state index in [-0.39, 0.29) is 0 Å². The van der Waals surface area contributed by atoms with Gasteiger partial charge < -0.3 is 10.6 Å². The lowest BCUT2D eigenvalue weighted by molar-refractivity contribution is 0.113. The minimum absolute atomic E-state index is 0.421. The van der Waals surface area contributed by atoms with E-state index in [0.717, 1.165) is 24.3 Å². The lowest BCUT2D eigenvalue weighted by atomic mass is 9.94. The molecular formula is C13H20FN3. The lowest BCUT2D eigenvalue weighted by Gasteiger charge is -2.30. The fraction of sp³-hybridized carbons (Fsp3) is 0.615. The van der Waals surface area contributed by atoms with Gasteiger partial charge in [-0.1, -0.05) is 6.07 Å². The summed E-state index contributed by atoms with van der Waals surface area (Å²) in [5.74, 6) is 0. The quantitative estimate of drug-likeness (QED) is 0.834. The predicted octanol–water partition coefficient (Wildman–Crippen LogP) is 1.57. The molecular weight excluding hydrogens is 217 g/mol. The van der Waals surface area contributed by atoms with Crippen molar-refractivity contribution in [1.29, 1.82) is 0 Å². The summed E-state index contributed by atoms with van der Waals surface area (Å²) in [6, 6.07) is 4.01. The topological polar surface area (TPSA) is 37.0 Å². The molecule has 0 aliphatic carbocycles. The van der Waals surface area contributed by atoms with Crippen molar-refractivity contribution in [3.05, 3.63) is 29.6 Å². The number of rotatable bonds is 4. The normalized spacial score (nSPS) is 19.2. The van der Waals surface area contributed by atoms with Gasteiger partial charge in [0.25, 0.3) is 0 Å². The van der Waals surface area contributed by atoms with Crippen LogP contribution in [-0.2, 0) is 6.54 Å². The third-order valence-electron chi connectivity index (χ3n) is 3.22. The molecule has 0 atom stereocenters. The molecule has 0 aromatic carbocycles. The molecule has 0 spiro atoms. The summed E-state index contributed by atoms with van der Waals surface area (Å²) < 4.78 is 14.2. The summed E-state index contributed by atoms with van der Waals surface area (Å²) >= 11 is 0. The number of nitrogens with one attached hydrogen (secondary N) is 2. The Hall–Kier alpha value is -1.00. The molecule has 0 radical (unpaired) electrons. The molecule has 4 heteroatoms. The van der Waals surface area contributed by atoms with Gasteiger partial charge in [0.2, 0.25) is 0 Å². The standard InChI is InChI=1S/C13H20FN3/c1-11-2-3-12(17-8-11)9-16-10-13(14)4-6-15-7-5-13/h2-3,8,15-16H,4-7,9-10H2,1H3. The Labute approximate surface area is 102 Å². The molecule has 1 aliphatic rings. The molecule has 2 heterocycles. The maximum absolute atomic E-state index is 14.2. The number of nitrogens with zero attached hydrogens (tertiary/aromatic N) is 1. The molecule has 1 saturated heterocycles. The van der Waals surface area contributed by atoms with Crippen LogP contribution in [0, 0.1) is 6.92 Å². The average Bonchev–Trinajstić information content (AvgIpc) is 2.32. The van der Waals surface area contributed by atoms with Crippen molar-refractivity contribution in [3.63, 3.8) is 0 Å². The Morgan fingerprint density at radius 1 is 1.41 bits per heavy atom. The first-order valence-electron chi connectivity index (χ1n) is 6.20. The van der Waals surface area contributed by atoms with E-state index < -0.39 is 5.67 Å². The molecule has 1 fully saturated rings. The molecule has 2 N–H and O–H groups in total. The Balaban J connectivity index is 1.77. The number of aromatic nitrogens is 1. The van der Waals surface area contributed by atoms with Gasteiger partial charge >= 0.3 is 0 Å². The summed E-state index contributed by atoms with van der Waals surface area (Å²) in [4.78, 5) is 4.29. The van der Waals surface area contributed by atoms with Crippen LogP contribution >= 0.6 is 0 Å². The monoisotopic (exact) mass is 237 g/mol. The van der Waals surface area contributed by atoms with E-state index in [2.05, 4.69) is 15.6 Å². The third-order valence-corrected chi connectivity index (χ3v) is 3.22. The highest BCUT2D eigenvalue weighted by molar-refractivity contribution is 5.12. The fourth-order valence-electron chi connectivity index (χ4n) is 2.07. The highest BCUT2D eigenvalue weighted by Gasteiger charge is 2.30. The molecule has 0 unspecified atom stereocenters. The summed E-state index contributed by atoms with van der Waals surface area (Å²) in [5.41, 5.74) is 1.07. The second-order valence-electron chi connectivity index (χ2n) is 4.83. The van der Waals surface area contributed by atoms with Crippen LogP contribution in [0.1, 0.15) is 24.1 Å². The smallest absolute Gasteiger partial charge is 0.125 e. The van der Waals surface area contributed by atoms with Gasteiger partial charge in [-0.2, -0.15) is 0 Å². The van der Waals surface area contributed by atoms with Gasteiger partial charge in [-0.05, 0) is 44.5 Å². The summed E-state index contributed by atoms with van der Waals surface area (Å²) in [5, 5.41) is 6.34. The maximum atomic E-state index is 14.2. The van der Waals surface area contributed by atoms with Gasteiger partial charge in [0.1, 0.15) is 5.67 Å². The Morgan fingerprint density at radius 2 is 2.18 bits per heavy atom. The number of pyridine rings is 1. The lowest BCUT2D eigenvalue weighted by Crippen LogP contribution is -2.45. The average molecular weight is 237 g/mol. The molecule has 17 heavy (non-hydrogen) atoms. The summed E-state index contributed by atoms with van der Waals surface area (Å²) in [7, 11) is 0. The van der Waals surface area contributed by atoms with Crippen LogP contribution in [0.5, 0.6) is 0 Å². The highest BCUT2D eigenvalue weighted by Crippen LogP contribution is 2.21. The van der Waals surface area contributed by atoms with Gasteiger partial charge in [0.05, 0.1) is 5.69 Å². The van der Waals surface area contributed by atoms with Crippen molar-refractivity contribution in [2.75, 3.05) is 19.6 Å². The van der Waals surface area contributed by atoms with Crippen LogP contribution in [0.4, 0.5) is 4.39 Å². The van der Waals surface area contributed by atoms with Gasteiger partial charge in [0, 0.05) is 19.3 Å². The molecule has 94 valence electrons. The minimum atomic E-state index is -1.05. The molecule has 1 aliphatic heterocycles. The zero-order valence-electron chi connectivity index (χ0n) is 10.3. The van der Waals surface area contributed by atoms with Crippen LogP contribution in [0.15, 0.2) is 18.3 Å². The molecule has 0 saturated carbocycles. The van der Waals surface area contributed by atoms with Gasteiger partial charge in [-0.15, -0.1) is 0 Å². The second-order valence-corrected chi connectivity index (χ2v) is 4.83. The van der Waals surface area contributed by atoms with Crippen molar-refractivity contribution in [2.24, 2.45) is 0 Å². The Morgan fingerprint density at radius 3 is 2.82 bits per heavy atom. The third kappa shape index (κ3) is 3.75. The van der Waals surface area contributed by atoms with Crippen molar-refractivity contribution in [1.82, 2.24) is 15.6 Å². The zero-order valence-corrected chi connectivity index (χ0v) is 10.3. The molecule has 3 nitrogen and oxygen atoms in total. The van der Waals surface area contributed by atoms with E-state index in [0.29, 0.717) is 25.9 Å². The zero-order chi connectivity index (χ0) is 12.1. The van der Waals surface area contributed by atoms with Gasteiger partial charge in [-0.3, -0.25) is 4.98 Å². The number of piperidine rings is 1. The highest BCUT2D eigenvalue weighted by atomic mass is 19.1. The van der Waals surface area contributed by atoms with Crippen LogP contribution < -0.4 is 10.6 Å². The number of hydrogen-bond donors (Lipinski definition) is 2. The molecule has 0 bridgehead atoms. The van der Waals surface area contributed by atoms with E-state index in [9.17, 15) is 4.39 Å². The predicted molar refractivity (Wildman–Crippen MR) is 66.6 cm³/mol. The van der Waals surface area contributed by atoms with E-state index >= 15 is 0 Å². The summed E-state index contributed by atoms with van der Waals surface area (Å²) in [6.07, 6.45) is 3.04. The molecule has 1 aromatic rings. The second kappa shape index (κ2) is 5.56. The van der Waals surface area contributed by atoms with Crippen LogP contribution in [0.25, 0.3) is 0 Å². The number of aryl methyl sites for hydroxylation is 1. The number of hydrogen-bond acceptors (Lipinski definition) is 3. The SMILES string of the molecule is Cc1ccc(CNCC2(F)CCNCC2)nc1.